The first-order chi connectivity index (χ1) is 25.3. The van der Waals surface area contributed by atoms with Gasteiger partial charge in [0.15, 0.2) is 0 Å². The molecule has 0 unspecified atom stereocenters. The topological polar surface area (TPSA) is 0 Å². The van der Waals surface area contributed by atoms with E-state index >= 15 is 0 Å². The van der Waals surface area contributed by atoms with Crippen molar-refractivity contribution in [3.05, 3.63) is 132 Å². The first kappa shape index (κ1) is 41.0. The van der Waals surface area contributed by atoms with E-state index < -0.39 is 20.8 Å². The van der Waals surface area contributed by atoms with Crippen LogP contribution in [0.3, 0.4) is 0 Å². The second-order valence-electron chi connectivity index (χ2n) is 15.7. The molecular formula is C48H56Cl2SiZr. The Morgan fingerprint density at radius 2 is 0.885 bits per heavy atom. The molecule has 6 aromatic rings. The van der Waals surface area contributed by atoms with E-state index in [1.54, 1.807) is 0 Å². The normalized spacial score (nSPS) is 16.0. The van der Waals surface area contributed by atoms with Gasteiger partial charge in [0.1, 0.15) is 0 Å². The number of halogens is 2. The second kappa shape index (κ2) is 20.5. The molecule has 2 aliphatic carbocycles. The number of hydrogen-bond acceptors (Lipinski definition) is 0. The minimum absolute atomic E-state index is 0.509. The summed E-state index contributed by atoms with van der Waals surface area (Å²) in [5.74, 6) is 0. The standard InChI is InChI=1S/2C23H25.C2H6Si.2ClH.Zr/c2*1-23(13-6-3-7-14-23)17-18-15-20-11-8-12-21(22(20)16-18)19-9-4-2-5-10-19;1-3-2;;;/h2*2,4-5,8-12,15-16H,3,6-7,13-14,17H2,1H3;1-2H3;2*1H;/q2*-1;;;;+4/p-2. The van der Waals surface area contributed by atoms with Gasteiger partial charge in [-0.05, 0) is 60.5 Å². The van der Waals surface area contributed by atoms with Gasteiger partial charge < -0.3 is 0 Å². The van der Waals surface area contributed by atoms with Gasteiger partial charge in [-0.2, -0.15) is 12.1 Å². The first-order valence-electron chi connectivity index (χ1n) is 19.3. The van der Waals surface area contributed by atoms with Crippen LogP contribution in [0.4, 0.5) is 0 Å². The third-order valence-electron chi connectivity index (χ3n) is 11.2. The Morgan fingerprint density at radius 3 is 1.23 bits per heavy atom. The molecule has 8 rings (SSSR count). The molecule has 0 bridgehead atoms. The molecule has 0 nitrogen and oxygen atoms in total. The van der Waals surface area contributed by atoms with E-state index in [0.717, 1.165) is 9.52 Å². The van der Waals surface area contributed by atoms with E-state index in [1.165, 1.54) is 132 Å². The summed E-state index contributed by atoms with van der Waals surface area (Å²) in [4.78, 5) is 0. The summed E-state index contributed by atoms with van der Waals surface area (Å²) in [5.41, 5.74) is 9.43. The molecule has 0 spiro atoms. The fourth-order valence-corrected chi connectivity index (χ4v) is 8.69. The second-order valence-corrected chi connectivity index (χ2v) is 20.5. The fraction of sp³-hybridized carbons (Fsp3) is 0.375. The SMILES string of the molecule is CC1(Cc2cc3c(-c4ccccc4)cccc3[cH-]2)CCCCC1.CC1(Cc2cc3c(-c4ccccc4)cccc3[cH-]2)CCCCC1.C[Si]C.[Cl][Zr+2][Cl]. The Hall–Kier alpha value is -2.22. The molecule has 2 saturated carbocycles. The third-order valence-corrected chi connectivity index (χ3v) is 11.2. The zero-order valence-corrected chi connectivity index (χ0v) is 36.8. The van der Waals surface area contributed by atoms with Gasteiger partial charge in [-0.1, -0.05) is 149 Å². The summed E-state index contributed by atoms with van der Waals surface area (Å²) in [6.45, 7) is 9.28. The summed E-state index contributed by atoms with van der Waals surface area (Å²) in [5, 5.41) is 5.60. The van der Waals surface area contributed by atoms with Gasteiger partial charge >= 0.3 is 37.9 Å². The van der Waals surface area contributed by atoms with Crippen LogP contribution < -0.4 is 0 Å². The van der Waals surface area contributed by atoms with Gasteiger partial charge in [0.05, 0.1) is 0 Å². The predicted octanol–water partition coefficient (Wildman–Crippen LogP) is 15.6. The maximum atomic E-state index is 4.93. The maximum absolute atomic E-state index is 4.93. The van der Waals surface area contributed by atoms with Gasteiger partial charge in [0, 0.05) is 9.52 Å². The average molecular weight is 823 g/mol. The van der Waals surface area contributed by atoms with E-state index in [1.807, 2.05) is 0 Å². The zero-order chi connectivity index (χ0) is 36.8. The molecule has 52 heavy (non-hydrogen) atoms. The van der Waals surface area contributed by atoms with Gasteiger partial charge in [-0.25, -0.2) is 0 Å². The summed E-state index contributed by atoms with van der Waals surface area (Å²) in [6, 6.07) is 44.7. The van der Waals surface area contributed by atoms with Gasteiger partial charge in [0.25, 0.3) is 0 Å². The van der Waals surface area contributed by atoms with E-state index in [0.29, 0.717) is 10.8 Å². The molecule has 2 fully saturated rings. The molecule has 0 heterocycles. The molecule has 0 aromatic heterocycles. The van der Waals surface area contributed by atoms with Crippen molar-refractivity contribution < 1.29 is 20.8 Å². The molecule has 0 atom stereocenters. The van der Waals surface area contributed by atoms with Crippen LogP contribution in [0.5, 0.6) is 0 Å². The van der Waals surface area contributed by atoms with E-state index in [-0.39, 0.29) is 0 Å². The molecule has 6 aromatic carbocycles. The van der Waals surface area contributed by atoms with Crippen LogP contribution in [-0.2, 0) is 33.7 Å². The van der Waals surface area contributed by atoms with E-state index in [9.17, 15) is 0 Å². The van der Waals surface area contributed by atoms with Crippen LogP contribution in [0.25, 0.3) is 43.8 Å². The molecule has 0 N–H and O–H groups in total. The summed E-state index contributed by atoms with van der Waals surface area (Å²) >= 11 is -0.826. The third kappa shape index (κ3) is 11.4. The van der Waals surface area contributed by atoms with Gasteiger partial charge in [-0.3, -0.25) is 0 Å². The van der Waals surface area contributed by atoms with Crippen LogP contribution in [0.2, 0.25) is 13.1 Å². The minimum atomic E-state index is -0.826. The van der Waals surface area contributed by atoms with Crippen LogP contribution in [0.1, 0.15) is 89.2 Å². The summed E-state index contributed by atoms with van der Waals surface area (Å²) in [7, 11) is 11.0. The number of fused-ring (bicyclic) bond motifs is 2. The molecule has 0 aliphatic heterocycles. The van der Waals surface area contributed by atoms with Crippen molar-refractivity contribution in [3.63, 3.8) is 0 Å². The van der Waals surface area contributed by atoms with Crippen molar-refractivity contribution in [3.8, 4) is 22.3 Å². The first-order valence-corrected chi connectivity index (χ1v) is 27.7. The van der Waals surface area contributed by atoms with E-state index in [2.05, 4.69) is 148 Å². The van der Waals surface area contributed by atoms with Crippen LogP contribution in [0.15, 0.2) is 121 Å². The fourth-order valence-electron chi connectivity index (χ4n) is 8.69. The molecule has 0 amide bonds. The van der Waals surface area contributed by atoms with Crippen molar-refractivity contribution in [1.82, 2.24) is 0 Å². The Morgan fingerprint density at radius 1 is 0.538 bits per heavy atom. The Kier molecular flexibility index (Phi) is 16.1. The summed E-state index contributed by atoms with van der Waals surface area (Å²) < 4.78 is 0. The monoisotopic (exact) mass is 820 g/mol. The van der Waals surface area contributed by atoms with Crippen molar-refractivity contribution >= 4 is 48.1 Å². The quantitative estimate of drug-likeness (QED) is 0.116. The van der Waals surface area contributed by atoms with Crippen LogP contribution in [-0.4, -0.2) is 9.52 Å². The molecule has 2 radical (unpaired) electrons. The van der Waals surface area contributed by atoms with Gasteiger partial charge in [-0.15, -0.1) is 69.1 Å². The molecule has 270 valence electrons. The van der Waals surface area contributed by atoms with Crippen molar-refractivity contribution in [2.45, 2.75) is 104 Å². The Bertz CT molecular complexity index is 1770. The van der Waals surface area contributed by atoms with Gasteiger partial charge in [0.2, 0.25) is 0 Å². The van der Waals surface area contributed by atoms with Crippen molar-refractivity contribution in [2.75, 3.05) is 0 Å². The Balaban J connectivity index is 0.000000175. The molecular weight excluding hydrogens is 767 g/mol. The average Bonchev–Trinajstić information content (AvgIpc) is 3.76. The number of benzene rings is 4. The molecule has 2 aliphatic rings. The zero-order valence-electron chi connectivity index (χ0n) is 31.8. The number of hydrogen-bond donors (Lipinski definition) is 0. The van der Waals surface area contributed by atoms with Crippen molar-refractivity contribution in [2.24, 2.45) is 10.8 Å². The summed E-state index contributed by atoms with van der Waals surface area (Å²) in [6.07, 6.45) is 16.5. The van der Waals surface area contributed by atoms with Crippen LogP contribution >= 0.6 is 17.0 Å². The number of rotatable bonds is 6. The Labute approximate surface area is 335 Å². The van der Waals surface area contributed by atoms with E-state index in [4.69, 9.17) is 17.0 Å². The van der Waals surface area contributed by atoms with Crippen LogP contribution in [0, 0.1) is 10.8 Å². The predicted molar refractivity (Wildman–Crippen MR) is 229 cm³/mol. The molecule has 0 saturated heterocycles. The van der Waals surface area contributed by atoms with Crippen molar-refractivity contribution in [1.29, 1.82) is 0 Å². The molecule has 4 heteroatoms.